The third-order valence-corrected chi connectivity index (χ3v) is 3.64. The molecule has 2 aliphatic heterocycles. The molecule has 2 saturated heterocycles. The first kappa shape index (κ1) is 11.2. The van der Waals surface area contributed by atoms with Gasteiger partial charge in [-0.05, 0) is 32.7 Å². The number of fused-ring (bicyclic) bond motifs is 1. The van der Waals surface area contributed by atoms with E-state index in [0.29, 0.717) is 6.04 Å². The number of alkyl halides is 1. The van der Waals surface area contributed by atoms with Gasteiger partial charge in [0.05, 0.1) is 0 Å². The summed E-state index contributed by atoms with van der Waals surface area (Å²) in [7, 11) is 0. The van der Waals surface area contributed by atoms with Gasteiger partial charge in [0.25, 0.3) is 0 Å². The molecule has 2 atom stereocenters. The lowest BCUT2D eigenvalue weighted by Crippen LogP contribution is -2.42. The molecule has 15 heavy (non-hydrogen) atoms. The van der Waals surface area contributed by atoms with Gasteiger partial charge in [0.2, 0.25) is 5.91 Å². The Morgan fingerprint density at radius 1 is 1.33 bits per heavy atom. The smallest absolute Gasteiger partial charge is 0.240 e. The number of hydrogen-bond acceptors (Lipinski definition) is 2. The second kappa shape index (κ2) is 4.71. The molecule has 0 aromatic heterocycles. The average Bonchev–Trinajstić information content (AvgIpc) is 2.54. The molecule has 2 unspecified atom stereocenters. The minimum absolute atomic E-state index is 0.102. The minimum Gasteiger partial charge on any atom is -0.340 e. The summed E-state index contributed by atoms with van der Waals surface area (Å²) in [5.74, 6) is 0.102. The van der Waals surface area contributed by atoms with Gasteiger partial charge >= 0.3 is 0 Å². The lowest BCUT2D eigenvalue weighted by atomic mass is 10.2. The van der Waals surface area contributed by atoms with Crippen molar-refractivity contribution in [1.82, 2.24) is 9.80 Å². The van der Waals surface area contributed by atoms with E-state index in [1.807, 2.05) is 4.90 Å². The van der Waals surface area contributed by atoms with Crippen LogP contribution >= 0.6 is 11.6 Å². The van der Waals surface area contributed by atoms with Gasteiger partial charge in [-0.1, -0.05) is 0 Å². The average molecular weight is 231 g/mol. The molecule has 2 aliphatic rings. The van der Waals surface area contributed by atoms with Gasteiger partial charge < -0.3 is 4.90 Å². The maximum absolute atomic E-state index is 11.8. The molecule has 0 saturated carbocycles. The number of carbonyl (C=O) groups is 1. The van der Waals surface area contributed by atoms with E-state index in [9.17, 15) is 4.79 Å². The number of amides is 1. The van der Waals surface area contributed by atoms with Crippen molar-refractivity contribution in [2.24, 2.45) is 0 Å². The van der Waals surface area contributed by atoms with Crippen LogP contribution in [0.5, 0.6) is 0 Å². The Bertz CT molecular complexity index is 245. The molecule has 0 aromatic rings. The summed E-state index contributed by atoms with van der Waals surface area (Å²) in [5, 5.41) is -0.377. The van der Waals surface area contributed by atoms with Crippen LogP contribution in [0.1, 0.15) is 26.2 Å². The predicted octanol–water partition coefficient (Wildman–Crippen LogP) is 1.31. The standard InChI is InChI=1S/C11H19ClN2O/c1-9(12)11(15)14-7-3-6-13-5-2-4-10(13)8-14/h9-10H,2-8H2,1H3. The van der Waals surface area contributed by atoms with E-state index in [-0.39, 0.29) is 11.3 Å². The van der Waals surface area contributed by atoms with Crippen molar-refractivity contribution in [3.63, 3.8) is 0 Å². The summed E-state index contributed by atoms with van der Waals surface area (Å²) in [6, 6.07) is 0.590. The molecule has 4 heteroatoms. The summed E-state index contributed by atoms with van der Waals surface area (Å²) in [6.45, 7) is 5.88. The van der Waals surface area contributed by atoms with Crippen molar-refractivity contribution >= 4 is 17.5 Å². The predicted molar refractivity (Wildman–Crippen MR) is 61.1 cm³/mol. The molecule has 0 radical (unpaired) electrons. The number of rotatable bonds is 1. The fraction of sp³-hybridized carbons (Fsp3) is 0.909. The van der Waals surface area contributed by atoms with E-state index in [2.05, 4.69) is 4.90 Å². The molecular formula is C11H19ClN2O. The number of nitrogens with zero attached hydrogens (tertiary/aromatic N) is 2. The van der Waals surface area contributed by atoms with E-state index in [4.69, 9.17) is 11.6 Å². The summed E-state index contributed by atoms with van der Waals surface area (Å²) in [6.07, 6.45) is 3.61. The van der Waals surface area contributed by atoms with Gasteiger partial charge in [0.1, 0.15) is 5.38 Å². The molecule has 0 aliphatic carbocycles. The SMILES string of the molecule is CC(Cl)C(=O)N1CCCN2CCCC2C1. The second-order valence-electron chi connectivity index (χ2n) is 4.59. The summed E-state index contributed by atoms with van der Waals surface area (Å²) < 4.78 is 0. The second-order valence-corrected chi connectivity index (χ2v) is 5.24. The van der Waals surface area contributed by atoms with Crippen LogP contribution in [-0.2, 0) is 4.79 Å². The van der Waals surface area contributed by atoms with Crippen molar-refractivity contribution in [1.29, 1.82) is 0 Å². The molecule has 86 valence electrons. The van der Waals surface area contributed by atoms with E-state index >= 15 is 0 Å². The quantitative estimate of drug-likeness (QED) is 0.635. The first-order chi connectivity index (χ1) is 7.18. The molecule has 1 amide bonds. The molecule has 0 spiro atoms. The Hall–Kier alpha value is -0.280. The lowest BCUT2D eigenvalue weighted by molar-refractivity contribution is -0.130. The molecule has 2 fully saturated rings. The van der Waals surface area contributed by atoms with Gasteiger partial charge in [-0.3, -0.25) is 9.69 Å². The van der Waals surface area contributed by atoms with Crippen molar-refractivity contribution < 1.29 is 4.79 Å². The summed E-state index contributed by atoms with van der Waals surface area (Å²) in [4.78, 5) is 16.3. The van der Waals surface area contributed by atoms with E-state index < -0.39 is 0 Å². The third kappa shape index (κ3) is 2.45. The topological polar surface area (TPSA) is 23.6 Å². The Balaban J connectivity index is 1.99. The fourth-order valence-corrected chi connectivity index (χ4v) is 2.80. The Morgan fingerprint density at radius 2 is 2.07 bits per heavy atom. The van der Waals surface area contributed by atoms with Gasteiger partial charge in [0.15, 0.2) is 0 Å². The maximum Gasteiger partial charge on any atom is 0.240 e. The van der Waals surface area contributed by atoms with Gasteiger partial charge in [-0.2, -0.15) is 0 Å². The first-order valence-electron chi connectivity index (χ1n) is 5.85. The summed E-state index contributed by atoms with van der Waals surface area (Å²) >= 11 is 5.85. The van der Waals surface area contributed by atoms with Crippen LogP contribution in [0.4, 0.5) is 0 Å². The van der Waals surface area contributed by atoms with Gasteiger partial charge in [0, 0.05) is 25.7 Å². The normalized spacial score (nSPS) is 29.7. The molecule has 0 N–H and O–H groups in total. The van der Waals surface area contributed by atoms with E-state index in [1.54, 1.807) is 6.92 Å². The Labute approximate surface area is 96.4 Å². The molecule has 0 aromatic carbocycles. The van der Waals surface area contributed by atoms with Crippen molar-refractivity contribution in [2.45, 2.75) is 37.6 Å². The fourth-order valence-electron chi connectivity index (χ4n) is 2.66. The van der Waals surface area contributed by atoms with Crippen LogP contribution in [0.3, 0.4) is 0 Å². The maximum atomic E-state index is 11.8. The van der Waals surface area contributed by atoms with Crippen molar-refractivity contribution in [3.05, 3.63) is 0 Å². The zero-order valence-electron chi connectivity index (χ0n) is 9.29. The molecular weight excluding hydrogens is 212 g/mol. The minimum atomic E-state index is -0.377. The molecule has 2 rings (SSSR count). The van der Waals surface area contributed by atoms with Crippen LogP contribution in [0, 0.1) is 0 Å². The molecule has 3 nitrogen and oxygen atoms in total. The lowest BCUT2D eigenvalue weighted by Gasteiger charge is -2.26. The summed E-state index contributed by atoms with van der Waals surface area (Å²) in [5.41, 5.74) is 0. The van der Waals surface area contributed by atoms with Crippen LogP contribution in [0.2, 0.25) is 0 Å². The van der Waals surface area contributed by atoms with Crippen LogP contribution in [0.25, 0.3) is 0 Å². The zero-order chi connectivity index (χ0) is 10.8. The highest BCUT2D eigenvalue weighted by molar-refractivity contribution is 6.30. The highest BCUT2D eigenvalue weighted by Crippen LogP contribution is 2.21. The van der Waals surface area contributed by atoms with Gasteiger partial charge in [-0.25, -0.2) is 0 Å². The van der Waals surface area contributed by atoms with E-state index in [0.717, 1.165) is 26.1 Å². The van der Waals surface area contributed by atoms with Crippen LogP contribution in [-0.4, -0.2) is 53.3 Å². The highest BCUT2D eigenvalue weighted by Gasteiger charge is 2.31. The van der Waals surface area contributed by atoms with E-state index in [1.165, 1.54) is 19.4 Å². The molecule has 0 bridgehead atoms. The Kier molecular flexibility index (Phi) is 3.52. The number of halogens is 1. The third-order valence-electron chi connectivity index (χ3n) is 3.46. The zero-order valence-corrected chi connectivity index (χ0v) is 10.0. The van der Waals surface area contributed by atoms with Crippen molar-refractivity contribution in [2.75, 3.05) is 26.2 Å². The monoisotopic (exact) mass is 230 g/mol. The Morgan fingerprint density at radius 3 is 2.80 bits per heavy atom. The first-order valence-corrected chi connectivity index (χ1v) is 6.29. The van der Waals surface area contributed by atoms with Gasteiger partial charge in [-0.15, -0.1) is 11.6 Å². The van der Waals surface area contributed by atoms with Crippen molar-refractivity contribution in [3.8, 4) is 0 Å². The van der Waals surface area contributed by atoms with Crippen LogP contribution < -0.4 is 0 Å². The number of hydrogen-bond donors (Lipinski definition) is 0. The largest absolute Gasteiger partial charge is 0.340 e. The van der Waals surface area contributed by atoms with Crippen LogP contribution in [0.15, 0.2) is 0 Å². The highest BCUT2D eigenvalue weighted by atomic mass is 35.5. The molecule has 2 heterocycles. The number of carbonyl (C=O) groups excluding carboxylic acids is 1.